The van der Waals surface area contributed by atoms with Crippen molar-refractivity contribution in [3.8, 4) is 0 Å². The lowest BCUT2D eigenvalue weighted by Gasteiger charge is -2.32. The van der Waals surface area contributed by atoms with Crippen LogP contribution in [0.15, 0.2) is 94.1 Å². The highest BCUT2D eigenvalue weighted by atomic mass is 32.1. The van der Waals surface area contributed by atoms with Gasteiger partial charge in [0.15, 0.2) is 16.1 Å². The maximum Gasteiger partial charge on any atom is 0.297 e. The summed E-state index contributed by atoms with van der Waals surface area (Å²) in [5.41, 5.74) is 2.01. The van der Waals surface area contributed by atoms with Crippen LogP contribution in [-0.4, -0.2) is 16.8 Å². The van der Waals surface area contributed by atoms with E-state index < -0.39 is 28.6 Å². The number of para-hydroxylation sites is 1. The lowest BCUT2D eigenvalue weighted by Crippen LogP contribution is -2.53. The summed E-state index contributed by atoms with van der Waals surface area (Å²) in [5.74, 6) is -2.02. The van der Waals surface area contributed by atoms with Gasteiger partial charge in [0.05, 0.1) is 33.4 Å². The summed E-state index contributed by atoms with van der Waals surface area (Å²) < 4.78 is 21.3. The first-order valence-electron chi connectivity index (χ1n) is 13.7. The van der Waals surface area contributed by atoms with Crippen LogP contribution in [0.3, 0.4) is 0 Å². The number of hydrogen-bond donors (Lipinski definition) is 0. The lowest BCUT2D eigenvalue weighted by molar-refractivity contribution is -0.121. The average molecular weight is 588 g/mol. The van der Waals surface area contributed by atoms with Crippen molar-refractivity contribution in [3.63, 3.8) is 0 Å². The predicted octanol–water partition coefficient (Wildman–Crippen LogP) is 6.61. The number of aryl methyl sites for hydroxylation is 2. The zero-order chi connectivity index (χ0) is 29.6. The fraction of sp³-hybridized carbons (Fsp3) is 0.118. The van der Waals surface area contributed by atoms with Gasteiger partial charge in [-0.1, -0.05) is 59.9 Å². The molecule has 43 heavy (non-hydrogen) atoms. The number of benzene rings is 4. The van der Waals surface area contributed by atoms with Crippen molar-refractivity contribution in [1.82, 2.24) is 4.98 Å². The number of fused-ring (bicyclic) bond motifs is 6. The first-order chi connectivity index (χ1) is 20.8. The summed E-state index contributed by atoms with van der Waals surface area (Å²) in [5, 5.41) is 0.211. The third-order valence-electron chi connectivity index (χ3n) is 8.40. The number of aromatic nitrogens is 1. The Morgan fingerprint density at radius 2 is 1.72 bits per heavy atom. The highest BCUT2D eigenvalue weighted by Crippen LogP contribution is 2.55. The predicted molar refractivity (Wildman–Crippen MR) is 163 cm³/mol. The zero-order valence-electron chi connectivity index (χ0n) is 23.1. The Morgan fingerprint density at radius 3 is 2.56 bits per heavy atom. The number of halogens is 1. The van der Waals surface area contributed by atoms with Crippen molar-refractivity contribution in [2.75, 3.05) is 9.80 Å². The van der Waals surface area contributed by atoms with Crippen molar-refractivity contribution in [3.05, 3.63) is 135 Å². The van der Waals surface area contributed by atoms with Crippen molar-refractivity contribution in [1.29, 1.82) is 0 Å². The van der Waals surface area contributed by atoms with Gasteiger partial charge in [0.25, 0.3) is 11.8 Å². The molecule has 7 nitrogen and oxygen atoms in total. The maximum atomic E-state index is 15.1. The SMILES string of the molecule is Cc1ccc2nc(N3C(=O)c4oc5ccc(F)cc5c(=O)c4C34C(=O)N(Cc3ccccc3C)c3ccccc34)sc2c1. The van der Waals surface area contributed by atoms with Crippen LogP contribution in [0.1, 0.15) is 38.4 Å². The van der Waals surface area contributed by atoms with Gasteiger partial charge in [-0.05, 0) is 66.9 Å². The van der Waals surface area contributed by atoms with Crippen LogP contribution >= 0.6 is 11.3 Å². The van der Waals surface area contributed by atoms with Gasteiger partial charge in [0.1, 0.15) is 11.4 Å². The zero-order valence-corrected chi connectivity index (χ0v) is 23.9. The molecular weight excluding hydrogens is 565 g/mol. The Balaban J connectivity index is 1.46. The Labute approximate surface area is 248 Å². The van der Waals surface area contributed by atoms with Crippen LogP contribution in [0.25, 0.3) is 21.2 Å². The largest absolute Gasteiger partial charge is 0.450 e. The molecule has 1 unspecified atom stereocenters. The molecule has 4 heterocycles. The van der Waals surface area contributed by atoms with Crippen LogP contribution in [0, 0.1) is 19.7 Å². The molecule has 1 spiro atoms. The molecule has 2 aliphatic rings. The van der Waals surface area contributed by atoms with E-state index in [0.717, 1.165) is 27.5 Å². The number of anilines is 2. The highest BCUT2D eigenvalue weighted by molar-refractivity contribution is 7.22. The second-order valence-electron chi connectivity index (χ2n) is 10.9. The molecule has 1 atom stereocenters. The van der Waals surface area contributed by atoms with Crippen LogP contribution < -0.4 is 15.2 Å². The Morgan fingerprint density at radius 1 is 0.930 bits per heavy atom. The van der Waals surface area contributed by atoms with Gasteiger partial charge >= 0.3 is 0 Å². The Kier molecular flexibility index (Phi) is 5.30. The first-order valence-corrected chi connectivity index (χ1v) is 14.6. The van der Waals surface area contributed by atoms with Crippen LogP contribution in [-0.2, 0) is 16.9 Å². The number of hydrogen-bond acceptors (Lipinski definition) is 6. The summed E-state index contributed by atoms with van der Waals surface area (Å²) in [6, 6.07) is 24.2. The summed E-state index contributed by atoms with van der Waals surface area (Å²) in [6.45, 7) is 4.15. The van der Waals surface area contributed by atoms with Gasteiger partial charge in [-0.25, -0.2) is 9.37 Å². The van der Waals surface area contributed by atoms with E-state index in [9.17, 15) is 14.0 Å². The van der Waals surface area contributed by atoms with Gasteiger partial charge in [-0.2, -0.15) is 0 Å². The number of carbonyl (C=O) groups excluding carboxylic acids is 2. The molecule has 2 amide bonds. The van der Waals surface area contributed by atoms with Crippen molar-refractivity contribution < 1.29 is 18.4 Å². The third-order valence-corrected chi connectivity index (χ3v) is 9.40. The molecule has 0 bridgehead atoms. The molecule has 0 aliphatic carbocycles. The lowest BCUT2D eigenvalue weighted by atomic mass is 9.84. The van der Waals surface area contributed by atoms with Crippen molar-refractivity contribution in [2.24, 2.45) is 0 Å². The van der Waals surface area contributed by atoms with Gasteiger partial charge in [0.2, 0.25) is 5.76 Å². The molecule has 0 radical (unpaired) electrons. The molecular formula is C34H22FN3O4S. The molecule has 210 valence electrons. The van der Waals surface area contributed by atoms with Crippen LogP contribution in [0.2, 0.25) is 0 Å². The standard InChI is InChI=1S/C34H22FN3O4S/c1-18-11-13-24-27(15-18)43-33(36-24)38-31(40)30-28(29(39)22-16-21(35)12-14-26(22)42-30)34(38)23-9-5-6-10-25(23)37(32(34)41)17-20-8-4-3-7-19(20)2/h3-16H,17H2,1-2H3. The van der Waals surface area contributed by atoms with E-state index in [2.05, 4.69) is 0 Å². The molecule has 0 fully saturated rings. The third kappa shape index (κ3) is 3.39. The van der Waals surface area contributed by atoms with Crippen LogP contribution in [0.5, 0.6) is 0 Å². The van der Waals surface area contributed by atoms with Gasteiger partial charge < -0.3 is 9.32 Å². The second-order valence-corrected chi connectivity index (χ2v) is 11.9. The average Bonchev–Trinajstić information content (AvgIpc) is 3.60. The summed E-state index contributed by atoms with van der Waals surface area (Å²) >= 11 is 1.26. The summed E-state index contributed by atoms with van der Waals surface area (Å²) in [4.78, 5) is 51.6. The van der Waals surface area contributed by atoms with Gasteiger partial charge in [0, 0.05) is 5.56 Å². The topological polar surface area (TPSA) is 83.7 Å². The first kappa shape index (κ1) is 25.6. The number of thiazole rings is 1. The van der Waals surface area contributed by atoms with Crippen LogP contribution in [0.4, 0.5) is 15.2 Å². The van der Waals surface area contributed by atoms with E-state index >= 15 is 4.79 Å². The van der Waals surface area contributed by atoms with Crippen molar-refractivity contribution in [2.45, 2.75) is 25.9 Å². The molecule has 2 aromatic heterocycles. The molecule has 9 heteroatoms. The minimum atomic E-state index is -1.91. The number of nitrogens with zero attached hydrogens (tertiary/aromatic N) is 3. The molecule has 4 aromatic carbocycles. The fourth-order valence-corrected chi connectivity index (χ4v) is 7.48. The van der Waals surface area contributed by atoms with Crippen molar-refractivity contribution >= 4 is 55.2 Å². The monoisotopic (exact) mass is 587 g/mol. The van der Waals surface area contributed by atoms with E-state index in [1.54, 1.807) is 17.0 Å². The van der Waals surface area contributed by atoms with Gasteiger partial charge in [-0.3, -0.25) is 19.3 Å². The Bertz CT molecular complexity index is 2260. The highest BCUT2D eigenvalue weighted by Gasteiger charge is 2.66. The van der Waals surface area contributed by atoms with E-state index in [-0.39, 0.29) is 34.0 Å². The molecule has 0 saturated carbocycles. The normalized spacial score (nSPS) is 17.5. The van der Waals surface area contributed by atoms with E-state index in [1.165, 1.54) is 28.4 Å². The second kappa shape index (κ2) is 8.92. The number of carbonyl (C=O) groups is 2. The fourth-order valence-electron chi connectivity index (χ4n) is 6.37. The number of rotatable bonds is 3. The van der Waals surface area contributed by atoms with E-state index in [1.807, 2.05) is 68.4 Å². The molecule has 6 aromatic rings. The minimum absolute atomic E-state index is 0.0460. The van der Waals surface area contributed by atoms with Gasteiger partial charge in [-0.15, -0.1) is 0 Å². The number of amides is 2. The quantitative estimate of drug-likeness (QED) is 0.233. The molecule has 2 aliphatic heterocycles. The smallest absolute Gasteiger partial charge is 0.297 e. The minimum Gasteiger partial charge on any atom is -0.450 e. The summed E-state index contributed by atoms with van der Waals surface area (Å²) in [6.07, 6.45) is 0. The summed E-state index contributed by atoms with van der Waals surface area (Å²) in [7, 11) is 0. The van der Waals surface area contributed by atoms with E-state index in [0.29, 0.717) is 16.8 Å². The molecule has 0 saturated heterocycles. The molecule has 8 rings (SSSR count). The van der Waals surface area contributed by atoms with E-state index in [4.69, 9.17) is 9.40 Å². The maximum absolute atomic E-state index is 15.1. The molecule has 0 N–H and O–H groups in total. The Hall–Kier alpha value is -5.15.